The molecule has 2 aromatic carbocycles. The van der Waals surface area contributed by atoms with Crippen molar-refractivity contribution in [2.75, 3.05) is 17.2 Å². The molecule has 19 heavy (non-hydrogen) atoms. The number of hydrogen-bond acceptors (Lipinski definition) is 2. The van der Waals surface area contributed by atoms with Crippen LogP contribution >= 0.6 is 15.9 Å². The Hall–Kier alpha value is -1.81. The SMILES string of the molecule is Cc1cccc(NCC(=O)Nc2ccccc2Br)c1. The summed E-state index contributed by atoms with van der Waals surface area (Å²) in [5, 5.41) is 5.94. The topological polar surface area (TPSA) is 41.1 Å². The van der Waals surface area contributed by atoms with E-state index in [4.69, 9.17) is 0 Å². The number of aryl methyl sites for hydroxylation is 1. The van der Waals surface area contributed by atoms with Gasteiger partial charge in [-0.05, 0) is 52.7 Å². The molecule has 0 saturated carbocycles. The first-order valence-corrected chi connectivity index (χ1v) is 6.79. The van der Waals surface area contributed by atoms with Crippen molar-refractivity contribution in [3.63, 3.8) is 0 Å². The van der Waals surface area contributed by atoms with E-state index in [-0.39, 0.29) is 12.5 Å². The third-order valence-electron chi connectivity index (χ3n) is 2.62. The smallest absolute Gasteiger partial charge is 0.243 e. The molecule has 0 aromatic heterocycles. The number of rotatable bonds is 4. The molecule has 2 rings (SSSR count). The first-order chi connectivity index (χ1) is 9.15. The van der Waals surface area contributed by atoms with Crippen molar-refractivity contribution in [3.05, 3.63) is 58.6 Å². The van der Waals surface area contributed by atoms with Gasteiger partial charge in [-0.3, -0.25) is 4.79 Å². The molecule has 0 heterocycles. The van der Waals surface area contributed by atoms with Gasteiger partial charge in [0.15, 0.2) is 0 Å². The van der Waals surface area contributed by atoms with Crippen molar-refractivity contribution in [1.82, 2.24) is 0 Å². The lowest BCUT2D eigenvalue weighted by Crippen LogP contribution is -2.21. The highest BCUT2D eigenvalue weighted by Gasteiger charge is 2.04. The highest BCUT2D eigenvalue weighted by atomic mass is 79.9. The lowest BCUT2D eigenvalue weighted by molar-refractivity contribution is -0.114. The largest absolute Gasteiger partial charge is 0.376 e. The van der Waals surface area contributed by atoms with Crippen LogP contribution in [0.3, 0.4) is 0 Å². The number of anilines is 2. The first kappa shape index (κ1) is 13.6. The van der Waals surface area contributed by atoms with Gasteiger partial charge >= 0.3 is 0 Å². The van der Waals surface area contributed by atoms with Crippen LogP contribution in [0.5, 0.6) is 0 Å². The highest BCUT2D eigenvalue weighted by molar-refractivity contribution is 9.10. The van der Waals surface area contributed by atoms with Crippen LogP contribution < -0.4 is 10.6 Å². The highest BCUT2D eigenvalue weighted by Crippen LogP contribution is 2.21. The zero-order valence-electron chi connectivity index (χ0n) is 10.6. The monoisotopic (exact) mass is 318 g/mol. The number of amides is 1. The summed E-state index contributed by atoms with van der Waals surface area (Å²) >= 11 is 3.40. The summed E-state index contributed by atoms with van der Waals surface area (Å²) in [5.74, 6) is -0.0755. The summed E-state index contributed by atoms with van der Waals surface area (Å²) in [4.78, 5) is 11.8. The van der Waals surface area contributed by atoms with E-state index in [0.29, 0.717) is 0 Å². The van der Waals surface area contributed by atoms with Gasteiger partial charge in [0.25, 0.3) is 0 Å². The van der Waals surface area contributed by atoms with Crippen molar-refractivity contribution in [3.8, 4) is 0 Å². The second-order valence-electron chi connectivity index (χ2n) is 4.25. The van der Waals surface area contributed by atoms with E-state index in [0.717, 1.165) is 21.4 Å². The predicted molar refractivity (Wildman–Crippen MR) is 82.4 cm³/mol. The van der Waals surface area contributed by atoms with Crippen LogP contribution in [0, 0.1) is 6.92 Å². The molecule has 0 bridgehead atoms. The Morgan fingerprint density at radius 1 is 1.16 bits per heavy atom. The van der Waals surface area contributed by atoms with E-state index in [1.165, 1.54) is 0 Å². The Labute approximate surface area is 121 Å². The number of halogens is 1. The fraction of sp³-hybridized carbons (Fsp3) is 0.133. The molecular weight excluding hydrogens is 304 g/mol. The zero-order chi connectivity index (χ0) is 13.7. The van der Waals surface area contributed by atoms with Crippen molar-refractivity contribution in [1.29, 1.82) is 0 Å². The predicted octanol–water partition coefficient (Wildman–Crippen LogP) is 3.81. The second-order valence-corrected chi connectivity index (χ2v) is 5.11. The maximum Gasteiger partial charge on any atom is 0.243 e. The average Bonchev–Trinajstić information content (AvgIpc) is 2.39. The Balaban J connectivity index is 1.90. The minimum absolute atomic E-state index is 0.0755. The molecule has 0 spiro atoms. The molecule has 0 saturated heterocycles. The normalized spacial score (nSPS) is 10.0. The summed E-state index contributed by atoms with van der Waals surface area (Å²) in [6, 6.07) is 15.5. The van der Waals surface area contributed by atoms with Gasteiger partial charge in [-0.25, -0.2) is 0 Å². The summed E-state index contributed by atoms with van der Waals surface area (Å²) < 4.78 is 0.874. The maximum atomic E-state index is 11.8. The van der Waals surface area contributed by atoms with Gasteiger partial charge in [0.05, 0.1) is 12.2 Å². The van der Waals surface area contributed by atoms with Gasteiger partial charge in [-0.15, -0.1) is 0 Å². The van der Waals surface area contributed by atoms with Crippen LogP contribution in [0.15, 0.2) is 53.0 Å². The minimum atomic E-state index is -0.0755. The third-order valence-corrected chi connectivity index (χ3v) is 3.31. The first-order valence-electron chi connectivity index (χ1n) is 6.00. The molecule has 0 atom stereocenters. The van der Waals surface area contributed by atoms with Crippen LogP contribution in [-0.4, -0.2) is 12.5 Å². The quantitative estimate of drug-likeness (QED) is 0.900. The lowest BCUT2D eigenvalue weighted by atomic mass is 10.2. The molecule has 2 aromatic rings. The number of carbonyl (C=O) groups is 1. The second kappa shape index (κ2) is 6.38. The Kier molecular flexibility index (Phi) is 4.58. The molecule has 3 nitrogen and oxygen atoms in total. The van der Waals surface area contributed by atoms with E-state index < -0.39 is 0 Å². The molecule has 1 amide bonds. The van der Waals surface area contributed by atoms with E-state index in [9.17, 15) is 4.79 Å². The van der Waals surface area contributed by atoms with Crippen LogP contribution in [-0.2, 0) is 4.79 Å². The zero-order valence-corrected chi connectivity index (χ0v) is 12.2. The van der Waals surface area contributed by atoms with E-state index in [1.54, 1.807) is 0 Å². The molecule has 0 unspecified atom stereocenters. The molecule has 0 aliphatic heterocycles. The van der Waals surface area contributed by atoms with Crippen molar-refractivity contribution >= 4 is 33.2 Å². The number of benzene rings is 2. The number of para-hydroxylation sites is 1. The number of nitrogens with one attached hydrogen (secondary N) is 2. The van der Waals surface area contributed by atoms with Gasteiger partial charge in [-0.1, -0.05) is 24.3 Å². The number of hydrogen-bond donors (Lipinski definition) is 2. The van der Waals surface area contributed by atoms with Gasteiger partial charge in [0.2, 0.25) is 5.91 Å². The van der Waals surface area contributed by atoms with E-state index in [1.807, 2.05) is 55.5 Å². The fourth-order valence-corrected chi connectivity index (χ4v) is 2.08. The Morgan fingerprint density at radius 3 is 2.68 bits per heavy atom. The molecule has 4 heteroatoms. The molecular formula is C15H15BrN2O. The van der Waals surface area contributed by atoms with Gasteiger partial charge in [0.1, 0.15) is 0 Å². The van der Waals surface area contributed by atoms with Gasteiger partial charge in [-0.2, -0.15) is 0 Å². The van der Waals surface area contributed by atoms with E-state index >= 15 is 0 Å². The Bertz CT molecular complexity index is 584. The standard InChI is InChI=1S/C15H15BrN2O/c1-11-5-4-6-12(9-11)17-10-15(19)18-14-8-3-2-7-13(14)16/h2-9,17H,10H2,1H3,(H,18,19). The van der Waals surface area contributed by atoms with Crippen LogP contribution in [0.1, 0.15) is 5.56 Å². The van der Waals surface area contributed by atoms with Gasteiger partial charge in [0, 0.05) is 10.2 Å². The molecule has 0 fully saturated rings. The summed E-state index contributed by atoms with van der Waals surface area (Å²) in [6.45, 7) is 2.26. The number of carbonyl (C=O) groups excluding carboxylic acids is 1. The minimum Gasteiger partial charge on any atom is -0.376 e. The molecule has 0 aliphatic rings. The average molecular weight is 319 g/mol. The fourth-order valence-electron chi connectivity index (χ4n) is 1.69. The van der Waals surface area contributed by atoms with Crippen molar-refractivity contribution in [2.24, 2.45) is 0 Å². The summed E-state index contributed by atoms with van der Waals surface area (Å²) in [7, 11) is 0. The summed E-state index contributed by atoms with van der Waals surface area (Å²) in [6.07, 6.45) is 0. The van der Waals surface area contributed by atoms with Crippen molar-refractivity contribution < 1.29 is 4.79 Å². The molecule has 0 aliphatic carbocycles. The molecule has 0 radical (unpaired) electrons. The summed E-state index contributed by atoms with van der Waals surface area (Å²) in [5.41, 5.74) is 2.89. The van der Waals surface area contributed by atoms with Crippen LogP contribution in [0.25, 0.3) is 0 Å². The lowest BCUT2D eigenvalue weighted by Gasteiger charge is -2.09. The molecule has 98 valence electrons. The van der Waals surface area contributed by atoms with Gasteiger partial charge < -0.3 is 10.6 Å². The van der Waals surface area contributed by atoms with Crippen LogP contribution in [0.2, 0.25) is 0 Å². The van der Waals surface area contributed by atoms with Crippen LogP contribution in [0.4, 0.5) is 11.4 Å². The maximum absolute atomic E-state index is 11.8. The van der Waals surface area contributed by atoms with E-state index in [2.05, 4.69) is 26.6 Å². The third kappa shape index (κ3) is 4.10. The molecule has 2 N–H and O–H groups in total. The Morgan fingerprint density at radius 2 is 1.95 bits per heavy atom. The van der Waals surface area contributed by atoms with Crippen molar-refractivity contribution in [2.45, 2.75) is 6.92 Å².